The van der Waals surface area contributed by atoms with Crippen molar-refractivity contribution in [2.24, 2.45) is 7.05 Å². The van der Waals surface area contributed by atoms with Gasteiger partial charge in [-0.2, -0.15) is 0 Å². The Hall–Kier alpha value is -5.75. The largest absolute Gasteiger partial charge is 0.459 e. The molecule has 0 fully saturated rings. The Morgan fingerprint density at radius 3 is 2.35 bits per heavy atom. The van der Waals surface area contributed by atoms with Gasteiger partial charge in [-0.25, -0.2) is 9.58 Å². The number of anilines is 2. The van der Waals surface area contributed by atoms with Gasteiger partial charge in [0.25, 0.3) is 23.3 Å². The van der Waals surface area contributed by atoms with Crippen molar-refractivity contribution in [2.75, 3.05) is 10.2 Å². The average molecular weight is 719 g/mol. The van der Waals surface area contributed by atoms with Crippen LogP contribution in [-0.2, 0) is 34.5 Å². The van der Waals surface area contributed by atoms with Crippen LogP contribution in [0.4, 0.5) is 11.4 Å². The number of halogens is 1. The van der Waals surface area contributed by atoms with Gasteiger partial charge in [-0.3, -0.25) is 23.9 Å². The molecule has 3 amide bonds. The van der Waals surface area contributed by atoms with Crippen LogP contribution < -0.4 is 15.8 Å². The fourth-order valence-electron chi connectivity index (χ4n) is 6.67. The molecule has 1 aromatic heterocycles. The highest BCUT2D eigenvalue weighted by Crippen LogP contribution is 2.35. The van der Waals surface area contributed by atoms with E-state index < -0.39 is 29.9 Å². The van der Waals surface area contributed by atoms with Gasteiger partial charge in [0.2, 0.25) is 6.29 Å². The molecule has 7 rings (SSSR count). The molecule has 0 aliphatic carbocycles. The molecule has 5 aromatic rings. The number of hydrogen-bond donors (Lipinski definition) is 2. The number of nitrogens with zero attached hydrogens (tertiary/aromatic N) is 3. The quantitative estimate of drug-likeness (QED) is 0.171. The number of aromatic nitrogens is 2. The van der Waals surface area contributed by atoms with Gasteiger partial charge in [0.1, 0.15) is 0 Å². The van der Waals surface area contributed by atoms with Crippen molar-refractivity contribution in [2.45, 2.75) is 45.7 Å². The van der Waals surface area contributed by atoms with Crippen LogP contribution in [0.25, 0.3) is 5.69 Å². The Morgan fingerprint density at radius 2 is 1.63 bits per heavy atom. The molecule has 2 atom stereocenters. The fourth-order valence-corrected chi connectivity index (χ4v) is 6.85. The minimum atomic E-state index is -0.871. The lowest BCUT2D eigenvalue weighted by molar-refractivity contribution is -0.147. The van der Waals surface area contributed by atoms with Crippen molar-refractivity contribution in [3.63, 3.8) is 0 Å². The summed E-state index contributed by atoms with van der Waals surface area (Å²) in [6, 6.07) is 26.0. The van der Waals surface area contributed by atoms with E-state index in [0.29, 0.717) is 33.2 Å². The van der Waals surface area contributed by atoms with Gasteiger partial charge in [-0.05, 0) is 85.1 Å². The SMILES string of the molecule is Cc1cc(NC(=O)C2=C[C@H](c3c(C)n(C)n(-c4ccccc4)c3=O)C[C@H](OCc3ccc(CO)cc3)O2)ccc1N1C(=O)c2ccc(Cl)cc2C1=O. The van der Waals surface area contributed by atoms with Crippen molar-refractivity contribution >= 4 is 40.7 Å². The number of hydrogen-bond acceptors (Lipinski definition) is 7. The Morgan fingerprint density at radius 1 is 0.923 bits per heavy atom. The first kappa shape index (κ1) is 34.7. The van der Waals surface area contributed by atoms with Crippen LogP contribution in [0.1, 0.15) is 61.0 Å². The maximum absolute atomic E-state index is 14.0. The van der Waals surface area contributed by atoms with Crippen molar-refractivity contribution in [3.8, 4) is 5.69 Å². The Kier molecular flexibility index (Phi) is 9.41. The van der Waals surface area contributed by atoms with Crippen molar-refractivity contribution in [3.05, 3.63) is 157 Å². The normalized spacial score (nSPS) is 16.8. The summed E-state index contributed by atoms with van der Waals surface area (Å²) in [6.45, 7) is 3.70. The predicted molar refractivity (Wildman–Crippen MR) is 196 cm³/mol. The lowest BCUT2D eigenvalue weighted by Crippen LogP contribution is -2.31. The summed E-state index contributed by atoms with van der Waals surface area (Å²) in [4.78, 5) is 55.3. The number of fused-ring (bicyclic) bond motifs is 1. The molecule has 12 heteroatoms. The summed E-state index contributed by atoms with van der Waals surface area (Å²) in [6.07, 6.45) is 1.05. The molecule has 0 spiro atoms. The molecule has 2 N–H and O–H groups in total. The van der Waals surface area contributed by atoms with Crippen LogP contribution in [0.2, 0.25) is 5.02 Å². The number of imide groups is 1. The Bertz CT molecular complexity index is 2310. The van der Waals surface area contributed by atoms with Gasteiger partial charge in [0, 0.05) is 41.4 Å². The number of aliphatic hydroxyl groups excluding tert-OH is 1. The van der Waals surface area contributed by atoms with Crippen LogP contribution in [0.15, 0.2) is 108 Å². The molecule has 4 aromatic carbocycles. The molecule has 0 radical (unpaired) electrons. The van der Waals surface area contributed by atoms with Crippen LogP contribution in [0.5, 0.6) is 0 Å². The molecular formula is C40H35ClN4O7. The summed E-state index contributed by atoms with van der Waals surface area (Å²) in [5.74, 6) is -2.05. The number of benzene rings is 4. The zero-order valence-electron chi connectivity index (χ0n) is 28.6. The van der Waals surface area contributed by atoms with Crippen LogP contribution >= 0.6 is 11.6 Å². The van der Waals surface area contributed by atoms with E-state index in [2.05, 4.69) is 5.32 Å². The van der Waals surface area contributed by atoms with Gasteiger partial charge >= 0.3 is 0 Å². The third-order valence-electron chi connectivity index (χ3n) is 9.44. The molecule has 0 saturated heterocycles. The minimum absolute atomic E-state index is 0.0234. The van der Waals surface area contributed by atoms with E-state index in [1.54, 1.807) is 58.8 Å². The number of aliphatic hydroxyl groups is 1. The molecule has 0 unspecified atom stereocenters. The average Bonchev–Trinajstić information content (AvgIpc) is 3.52. The Balaban J connectivity index is 1.16. The van der Waals surface area contributed by atoms with Crippen molar-refractivity contribution in [1.29, 1.82) is 0 Å². The summed E-state index contributed by atoms with van der Waals surface area (Å²) in [5, 5.41) is 12.6. The number of rotatable bonds is 9. The smallest absolute Gasteiger partial charge is 0.290 e. The number of para-hydroxylation sites is 1. The first-order valence-electron chi connectivity index (χ1n) is 16.7. The van der Waals surface area contributed by atoms with Crippen molar-refractivity contribution < 1.29 is 29.0 Å². The zero-order valence-corrected chi connectivity index (χ0v) is 29.4. The van der Waals surface area contributed by atoms with Crippen LogP contribution in [-0.4, -0.2) is 38.5 Å². The first-order chi connectivity index (χ1) is 25.0. The number of allylic oxidation sites excluding steroid dienone is 1. The minimum Gasteiger partial charge on any atom is -0.459 e. The second-order valence-corrected chi connectivity index (χ2v) is 13.2. The molecular weight excluding hydrogens is 684 g/mol. The van der Waals surface area contributed by atoms with Crippen LogP contribution in [0.3, 0.4) is 0 Å². The van der Waals surface area contributed by atoms with Gasteiger partial charge < -0.3 is 19.9 Å². The summed E-state index contributed by atoms with van der Waals surface area (Å²) < 4.78 is 15.7. The first-order valence-corrected chi connectivity index (χ1v) is 17.0. The van der Waals surface area contributed by atoms with E-state index in [-0.39, 0.29) is 42.1 Å². The molecule has 3 heterocycles. The monoisotopic (exact) mass is 718 g/mol. The molecule has 11 nitrogen and oxygen atoms in total. The third-order valence-corrected chi connectivity index (χ3v) is 9.67. The molecule has 264 valence electrons. The van der Waals surface area contributed by atoms with Crippen LogP contribution in [0, 0.1) is 13.8 Å². The molecule has 2 aliphatic rings. The number of ether oxygens (including phenoxy) is 2. The van der Waals surface area contributed by atoms with E-state index in [1.165, 1.54) is 12.1 Å². The molecule has 0 bridgehead atoms. The molecule has 52 heavy (non-hydrogen) atoms. The van der Waals surface area contributed by atoms with Gasteiger partial charge in [-0.1, -0.05) is 54.1 Å². The van der Waals surface area contributed by atoms with E-state index >= 15 is 0 Å². The van der Waals surface area contributed by atoms with E-state index in [1.807, 2.05) is 56.4 Å². The predicted octanol–water partition coefficient (Wildman–Crippen LogP) is 6.31. The van der Waals surface area contributed by atoms with E-state index in [4.69, 9.17) is 21.1 Å². The number of nitrogens with one attached hydrogen (secondary N) is 1. The highest BCUT2D eigenvalue weighted by atomic mass is 35.5. The third kappa shape index (κ3) is 6.45. The number of aryl methyl sites for hydroxylation is 1. The highest BCUT2D eigenvalue weighted by Gasteiger charge is 2.38. The maximum Gasteiger partial charge on any atom is 0.290 e. The van der Waals surface area contributed by atoms with E-state index in [0.717, 1.165) is 21.7 Å². The summed E-state index contributed by atoms with van der Waals surface area (Å²) in [5.41, 5.74) is 5.21. The molecule has 2 aliphatic heterocycles. The summed E-state index contributed by atoms with van der Waals surface area (Å²) in [7, 11) is 1.82. The summed E-state index contributed by atoms with van der Waals surface area (Å²) >= 11 is 6.08. The van der Waals surface area contributed by atoms with Gasteiger partial charge in [0.05, 0.1) is 35.7 Å². The fraction of sp³-hybridized carbons (Fsp3) is 0.200. The standard InChI is InChI=1S/C40H35ClN4O7/c1-23-17-29(14-16-33(23)44-38(48)31-15-13-28(41)20-32(31)39(44)49)42-37(47)34-18-27(19-35(52-34)51-22-26-11-9-25(21-46)10-12-26)36-24(2)43(3)45(40(36)50)30-7-5-4-6-8-30/h4-18,20,27,35,46H,19,21-22H2,1-3H3,(H,42,47)/t27-,35+/m0/s1. The lowest BCUT2D eigenvalue weighted by Gasteiger charge is -2.29. The number of amides is 3. The maximum atomic E-state index is 14.0. The Labute approximate surface area is 304 Å². The number of carbonyl (C=O) groups excluding carboxylic acids is 3. The van der Waals surface area contributed by atoms with E-state index in [9.17, 15) is 24.3 Å². The second-order valence-electron chi connectivity index (χ2n) is 12.8. The van der Waals surface area contributed by atoms with Gasteiger partial charge in [-0.15, -0.1) is 0 Å². The topological polar surface area (TPSA) is 132 Å². The molecule has 0 saturated carbocycles. The number of carbonyl (C=O) groups is 3. The van der Waals surface area contributed by atoms with Crippen molar-refractivity contribution in [1.82, 2.24) is 9.36 Å². The second kappa shape index (κ2) is 14.1. The lowest BCUT2D eigenvalue weighted by atomic mass is 9.93. The van der Waals surface area contributed by atoms with Gasteiger partial charge in [0.15, 0.2) is 5.76 Å². The highest BCUT2D eigenvalue weighted by molar-refractivity contribution is 6.37. The zero-order chi connectivity index (χ0) is 36.7.